The summed E-state index contributed by atoms with van der Waals surface area (Å²) in [5.74, 6) is -2.50. The lowest BCUT2D eigenvalue weighted by molar-refractivity contribution is -0.384. The molecule has 1 aromatic carbocycles. The number of β-lactam (4-membered cyclic amide) rings is 1. The molecule has 0 bridgehead atoms. The van der Waals surface area contributed by atoms with Crippen LogP contribution in [0.1, 0.15) is 18.9 Å². The zero-order chi connectivity index (χ0) is 21.3. The molecule has 0 aliphatic carbocycles. The lowest BCUT2D eigenvalue weighted by atomic mass is 9.83. The first-order chi connectivity index (χ1) is 13.7. The number of carbonyl (C=O) groups is 3. The van der Waals surface area contributed by atoms with Crippen molar-refractivity contribution < 1.29 is 29.2 Å². The molecule has 0 aromatic heterocycles. The van der Waals surface area contributed by atoms with E-state index in [9.17, 15) is 29.6 Å². The molecule has 152 valence electrons. The van der Waals surface area contributed by atoms with Crippen LogP contribution in [-0.4, -0.2) is 44.9 Å². The van der Waals surface area contributed by atoms with Gasteiger partial charge in [0.25, 0.3) is 5.69 Å². The quantitative estimate of drug-likeness (QED) is 0.222. The van der Waals surface area contributed by atoms with Crippen molar-refractivity contribution in [3.63, 3.8) is 0 Å². The smallest absolute Gasteiger partial charge is 0.355 e. The molecule has 29 heavy (non-hydrogen) atoms. The van der Waals surface area contributed by atoms with Crippen molar-refractivity contribution in [2.45, 2.75) is 32.1 Å². The van der Waals surface area contributed by atoms with Crippen LogP contribution in [0.3, 0.4) is 0 Å². The SMILES string of the molecule is C[C@@H](O)[C@H]1C(=O)N2C(C(=O)OCc3ccc([N+](=O)[O-])cc3)=C(/C=C/C(N)=O)C[C@H]12. The van der Waals surface area contributed by atoms with Crippen molar-refractivity contribution in [2.24, 2.45) is 11.7 Å². The van der Waals surface area contributed by atoms with Crippen LogP contribution in [0.25, 0.3) is 0 Å². The molecule has 0 unspecified atom stereocenters. The third kappa shape index (κ3) is 3.87. The van der Waals surface area contributed by atoms with E-state index in [0.29, 0.717) is 11.1 Å². The minimum Gasteiger partial charge on any atom is -0.456 e. The van der Waals surface area contributed by atoms with E-state index in [1.165, 1.54) is 42.2 Å². The number of non-ortho nitro benzene ring substituents is 1. The lowest BCUT2D eigenvalue weighted by Crippen LogP contribution is -2.61. The predicted octanol–water partition coefficient (Wildman–Crippen LogP) is 0.545. The number of ether oxygens (including phenoxy) is 1. The maximum absolute atomic E-state index is 12.7. The van der Waals surface area contributed by atoms with Gasteiger partial charge >= 0.3 is 5.97 Å². The fourth-order valence-corrected chi connectivity index (χ4v) is 3.56. The van der Waals surface area contributed by atoms with Gasteiger partial charge in [0.05, 0.1) is 23.0 Å². The van der Waals surface area contributed by atoms with Gasteiger partial charge in [0, 0.05) is 18.2 Å². The standard InChI is InChI=1S/C19H19N3O7/c1-10(23)16-14-8-12(4-7-15(20)24)17(21(14)18(16)25)19(26)29-9-11-2-5-13(6-3-11)22(27)28/h2-7,10,14,16,23H,8-9H2,1H3,(H2,20,24)/b7-4+/t10-,14-,16-/m1/s1. The van der Waals surface area contributed by atoms with E-state index in [2.05, 4.69) is 0 Å². The van der Waals surface area contributed by atoms with Crippen molar-refractivity contribution in [1.82, 2.24) is 4.90 Å². The van der Waals surface area contributed by atoms with Crippen molar-refractivity contribution in [1.29, 1.82) is 0 Å². The Bertz CT molecular complexity index is 934. The van der Waals surface area contributed by atoms with Gasteiger partial charge in [0.1, 0.15) is 12.3 Å². The summed E-state index contributed by atoms with van der Waals surface area (Å²) in [5.41, 5.74) is 5.99. The Morgan fingerprint density at radius 1 is 1.41 bits per heavy atom. The molecule has 3 rings (SSSR count). The molecule has 10 heteroatoms. The van der Waals surface area contributed by atoms with Crippen LogP contribution in [0.15, 0.2) is 47.7 Å². The highest BCUT2D eigenvalue weighted by atomic mass is 16.6. The number of nitro groups is 1. The van der Waals surface area contributed by atoms with E-state index < -0.39 is 40.8 Å². The molecule has 1 aromatic rings. The second-order valence-electron chi connectivity index (χ2n) is 6.86. The molecule has 2 aliphatic heterocycles. The molecule has 0 radical (unpaired) electrons. The zero-order valence-electron chi connectivity index (χ0n) is 15.5. The van der Waals surface area contributed by atoms with E-state index in [4.69, 9.17) is 10.5 Å². The number of hydrogen-bond donors (Lipinski definition) is 2. The van der Waals surface area contributed by atoms with Gasteiger partial charge in [-0.2, -0.15) is 0 Å². The average Bonchev–Trinajstić information content (AvgIpc) is 2.98. The second-order valence-corrected chi connectivity index (χ2v) is 6.86. The maximum atomic E-state index is 12.7. The summed E-state index contributed by atoms with van der Waals surface area (Å²) in [4.78, 5) is 47.6. The molecule has 1 saturated heterocycles. The number of rotatable bonds is 7. The molecule has 2 amide bonds. The van der Waals surface area contributed by atoms with Crippen LogP contribution in [0.5, 0.6) is 0 Å². The maximum Gasteiger partial charge on any atom is 0.355 e. The fourth-order valence-electron chi connectivity index (χ4n) is 3.56. The van der Waals surface area contributed by atoms with E-state index >= 15 is 0 Å². The van der Waals surface area contributed by atoms with Gasteiger partial charge in [-0.3, -0.25) is 19.7 Å². The Morgan fingerprint density at radius 3 is 2.62 bits per heavy atom. The average molecular weight is 401 g/mol. The van der Waals surface area contributed by atoms with Crippen molar-refractivity contribution in [3.8, 4) is 0 Å². The van der Waals surface area contributed by atoms with Gasteiger partial charge in [-0.15, -0.1) is 0 Å². The summed E-state index contributed by atoms with van der Waals surface area (Å²) in [7, 11) is 0. The second kappa shape index (κ2) is 7.84. The molecule has 10 nitrogen and oxygen atoms in total. The van der Waals surface area contributed by atoms with Gasteiger partial charge < -0.3 is 20.5 Å². The molecule has 2 aliphatic rings. The molecular weight excluding hydrogens is 382 g/mol. The number of benzene rings is 1. The summed E-state index contributed by atoms with van der Waals surface area (Å²) in [6, 6.07) is 5.12. The van der Waals surface area contributed by atoms with Crippen LogP contribution < -0.4 is 5.73 Å². The monoisotopic (exact) mass is 401 g/mol. The van der Waals surface area contributed by atoms with Crippen molar-refractivity contribution in [3.05, 3.63) is 63.4 Å². The molecule has 3 N–H and O–H groups in total. The predicted molar refractivity (Wildman–Crippen MR) is 98.7 cm³/mol. The van der Waals surface area contributed by atoms with Gasteiger partial charge in [-0.1, -0.05) is 6.08 Å². The summed E-state index contributed by atoms with van der Waals surface area (Å²) in [6.45, 7) is 1.35. The Balaban J connectivity index is 1.78. The van der Waals surface area contributed by atoms with Gasteiger partial charge in [0.2, 0.25) is 11.8 Å². The van der Waals surface area contributed by atoms with Crippen molar-refractivity contribution >= 4 is 23.5 Å². The number of fused-ring (bicyclic) bond motifs is 1. The number of nitro benzene ring substituents is 1. The molecular formula is C19H19N3O7. The third-order valence-corrected chi connectivity index (χ3v) is 4.92. The van der Waals surface area contributed by atoms with E-state index in [1.54, 1.807) is 0 Å². The Kier molecular flexibility index (Phi) is 5.46. The highest BCUT2D eigenvalue weighted by molar-refractivity contribution is 6.01. The molecule has 0 saturated carbocycles. The summed E-state index contributed by atoms with van der Waals surface area (Å²) in [6.07, 6.45) is 1.87. The Labute approximate surface area is 165 Å². The molecule has 1 fully saturated rings. The number of nitrogens with zero attached hydrogens (tertiary/aromatic N) is 2. The van der Waals surface area contributed by atoms with Gasteiger partial charge in [-0.05, 0) is 36.6 Å². The van der Waals surface area contributed by atoms with Gasteiger partial charge in [0.15, 0.2) is 0 Å². The van der Waals surface area contributed by atoms with Crippen LogP contribution in [-0.2, 0) is 25.7 Å². The highest BCUT2D eigenvalue weighted by Gasteiger charge is 2.56. The van der Waals surface area contributed by atoms with Crippen LogP contribution in [0.2, 0.25) is 0 Å². The molecule has 2 heterocycles. The van der Waals surface area contributed by atoms with Gasteiger partial charge in [-0.25, -0.2) is 4.79 Å². The minimum atomic E-state index is -0.874. The van der Waals surface area contributed by atoms with Crippen LogP contribution in [0.4, 0.5) is 5.69 Å². The number of carbonyl (C=O) groups excluding carboxylic acids is 3. The van der Waals surface area contributed by atoms with E-state index in [1.807, 2.05) is 0 Å². The topological polar surface area (TPSA) is 153 Å². The lowest BCUT2D eigenvalue weighted by Gasteiger charge is -2.44. The number of aliphatic hydroxyl groups is 1. The first kappa shape index (κ1) is 20.2. The number of allylic oxidation sites excluding steroid dienone is 1. The van der Waals surface area contributed by atoms with E-state index in [0.717, 1.165) is 6.08 Å². The van der Waals surface area contributed by atoms with Crippen LogP contribution in [0, 0.1) is 16.0 Å². The number of esters is 1. The number of nitrogens with two attached hydrogens (primary N) is 1. The fraction of sp³-hybridized carbons (Fsp3) is 0.316. The number of amides is 2. The Hall–Kier alpha value is -3.53. The summed E-state index contributed by atoms with van der Waals surface area (Å²) >= 11 is 0. The van der Waals surface area contributed by atoms with E-state index in [-0.39, 0.29) is 24.4 Å². The Morgan fingerprint density at radius 2 is 2.07 bits per heavy atom. The molecule has 3 atom stereocenters. The molecule has 0 spiro atoms. The number of aliphatic hydroxyl groups excluding tert-OH is 1. The van der Waals surface area contributed by atoms with Crippen LogP contribution >= 0.6 is 0 Å². The number of primary amides is 1. The largest absolute Gasteiger partial charge is 0.456 e. The highest BCUT2D eigenvalue weighted by Crippen LogP contribution is 2.44. The summed E-state index contributed by atoms with van der Waals surface area (Å²) in [5, 5.41) is 20.5. The first-order valence-electron chi connectivity index (χ1n) is 8.83. The first-order valence-corrected chi connectivity index (χ1v) is 8.83. The minimum absolute atomic E-state index is 0.0105. The summed E-state index contributed by atoms with van der Waals surface area (Å²) < 4.78 is 5.27. The zero-order valence-corrected chi connectivity index (χ0v) is 15.5. The normalized spacial score (nSPS) is 21.7. The van der Waals surface area contributed by atoms with Crippen molar-refractivity contribution in [2.75, 3.05) is 0 Å². The number of hydrogen-bond acceptors (Lipinski definition) is 7. The third-order valence-electron chi connectivity index (χ3n) is 4.92.